The largest absolute Gasteiger partial charge is 0.316 e. The van der Waals surface area contributed by atoms with Gasteiger partial charge in [-0.1, -0.05) is 29.3 Å². The third-order valence-electron chi connectivity index (χ3n) is 3.87. The molecular formula is C17H24BrN3. The SMILES string of the molecule is CNC(Cc1cc(C)cc(C)c1)Cc1c(Br)c(C)nn1C. The molecule has 1 atom stereocenters. The van der Waals surface area contributed by atoms with Gasteiger partial charge in [-0.25, -0.2) is 0 Å². The maximum atomic E-state index is 4.48. The molecule has 0 amide bonds. The predicted molar refractivity (Wildman–Crippen MR) is 91.8 cm³/mol. The smallest absolute Gasteiger partial charge is 0.0738 e. The van der Waals surface area contributed by atoms with E-state index in [1.807, 2.05) is 25.7 Å². The topological polar surface area (TPSA) is 29.9 Å². The molecular weight excluding hydrogens is 326 g/mol. The molecule has 0 aliphatic rings. The quantitative estimate of drug-likeness (QED) is 0.895. The van der Waals surface area contributed by atoms with E-state index < -0.39 is 0 Å². The van der Waals surface area contributed by atoms with Crippen molar-refractivity contribution in [1.29, 1.82) is 0 Å². The molecule has 1 aromatic heterocycles. The van der Waals surface area contributed by atoms with E-state index in [1.165, 1.54) is 22.4 Å². The van der Waals surface area contributed by atoms with Crippen molar-refractivity contribution in [2.75, 3.05) is 7.05 Å². The molecule has 1 unspecified atom stereocenters. The number of aryl methyl sites for hydroxylation is 4. The molecule has 2 aromatic rings. The number of aromatic nitrogens is 2. The normalized spacial score (nSPS) is 12.7. The second-order valence-corrected chi connectivity index (χ2v) is 6.65. The number of benzene rings is 1. The lowest BCUT2D eigenvalue weighted by Crippen LogP contribution is -2.31. The van der Waals surface area contributed by atoms with Gasteiger partial charge in [-0.3, -0.25) is 4.68 Å². The summed E-state index contributed by atoms with van der Waals surface area (Å²) in [4.78, 5) is 0. The summed E-state index contributed by atoms with van der Waals surface area (Å²) in [5, 5.41) is 7.91. The number of nitrogens with one attached hydrogen (secondary N) is 1. The van der Waals surface area contributed by atoms with Crippen molar-refractivity contribution in [2.24, 2.45) is 7.05 Å². The first-order valence-electron chi connectivity index (χ1n) is 7.33. The number of hydrogen-bond acceptors (Lipinski definition) is 2. The van der Waals surface area contributed by atoms with Gasteiger partial charge in [0.15, 0.2) is 0 Å². The van der Waals surface area contributed by atoms with Crippen molar-refractivity contribution < 1.29 is 0 Å². The zero-order valence-electron chi connectivity index (χ0n) is 13.5. The lowest BCUT2D eigenvalue weighted by Gasteiger charge is -2.17. The van der Waals surface area contributed by atoms with Crippen molar-refractivity contribution in [2.45, 2.75) is 39.7 Å². The highest BCUT2D eigenvalue weighted by atomic mass is 79.9. The predicted octanol–water partition coefficient (Wildman–Crippen LogP) is 3.48. The van der Waals surface area contributed by atoms with E-state index in [1.54, 1.807) is 0 Å². The summed E-state index contributed by atoms with van der Waals surface area (Å²) < 4.78 is 3.11. The van der Waals surface area contributed by atoms with Gasteiger partial charge in [0.1, 0.15) is 0 Å². The Balaban J connectivity index is 2.16. The van der Waals surface area contributed by atoms with Crippen molar-refractivity contribution in [3.8, 4) is 0 Å². The molecule has 0 aliphatic carbocycles. The summed E-state index contributed by atoms with van der Waals surface area (Å²) in [6.45, 7) is 6.35. The minimum atomic E-state index is 0.400. The molecule has 1 aromatic carbocycles. The summed E-state index contributed by atoms with van der Waals surface area (Å²) in [6.07, 6.45) is 1.98. The van der Waals surface area contributed by atoms with E-state index >= 15 is 0 Å². The minimum absolute atomic E-state index is 0.400. The van der Waals surface area contributed by atoms with Gasteiger partial charge >= 0.3 is 0 Å². The third-order valence-corrected chi connectivity index (χ3v) is 4.90. The monoisotopic (exact) mass is 349 g/mol. The number of likely N-dealkylation sites (N-methyl/N-ethyl adjacent to an activating group) is 1. The molecule has 0 radical (unpaired) electrons. The van der Waals surface area contributed by atoms with Crippen LogP contribution in [0.3, 0.4) is 0 Å². The average Bonchev–Trinajstić information content (AvgIpc) is 2.63. The number of rotatable bonds is 5. The van der Waals surface area contributed by atoms with Gasteiger partial charge in [-0.15, -0.1) is 0 Å². The van der Waals surface area contributed by atoms with Crippen LogP contribution in [0.2, 0.25) is 0 Å². The fourth-order valence-electron chi connectivity index (χ4n) is 2.88. The van der Waals surface area contributed by atoms with Gasteiger partial charge in [0.2, 0.25) is 0 Å². The van der Waals surface area contributed by atoms with Gasteiger partial charge in [0.25, 0.3) is 0 Å². The molecule has 0 saturated carbocycles. The van der Waals surface area contributed by atoms with Crippen molar-refractivity contribution in [3.63, 3.8) is 0 Å². The molecule has 114 valence electrons. The lowest BCUT2D eigenvalue weighted by atomic mass is 9.98. The molecule has 2 rings (SSSR count). The van der Waals surface area contributed by atoms with Crippen LogP contribution in [0.15, 0.2) is 22.7 Å². The van der Waals surface area contributed by atoms with E-state index in [-0.39, 0.29) is 0 Å². The van der Waals surface area contributed by atoms with Crippen LogP contribution in [0.5, 0.6) is 0 Å². The molecule has 0 aliphatic heterocycles. The average molecular weight is 350 g/mol. The fourth-order valence-corrected chi connectivity index (χ4v) is 3.38. The van der Waals surface area contributed by atoms with Gasteiger partial charge in [-0.05, 0) is 55.7 Å². The molecule has 0 bridgehead atoms. The molecule has 3 nitrogen and oxygen atoms in total. The maximum absolute atomic E-state index is 4.48. The Morgan fingerprint density at radius 1 is 1.14 bits per heavy atom. The molecule has 1 heterocycles. The minimum Gasteiger partial charge on any atom is -0.316 e. The first-order valence-corrected chi connectivity index (χ1v) is 8.12. The van der Waals surface area contributed by atoms with Crippen LogP contribution in [0.25, 0.3) is 0 Å². The van der Waals surface area contributed by atoms with Gasteiger partial charge in [0.05, 0.1) is 15.9 Å². The van der Waals surface area contributed by atoms with Crippen LogP contribution < -0.4 is 5.32 Å². The van der Waals surface area contributed by atoms with Gasteiger partial charge < -0.3 is 5.32 Å². The summed E-state index contributed by atoms with van der Waals surface area (Å²) in [5.74, 6) is 0. The lowest BCUT2D eigenvalue weighted by molar-refractivity contribution is 0.532. The van der Waals surface area contributed by atoms with E-state index in [4.69, 9.17) is 0 Å². The van der Waals surface area contributed by atoms with Crippen LogP contribution in [0, 0.1) is 20.8 Å². The van der Waals surface area contributed by atoms with E-state index in [0.29, 0.717) is 6.04 Å². The van der Waals surface area contributed by atoms with Crippen LogP contribution in [0.4, 0.5) is 0 Å². The zero-order chi connectivity index (χ0) is 15.6. The highest BCUT2D eigenvalue weighted by Crippen LogP contribution is 2.22. The summed E-state index contributed by atoms with van der Waals surface area (Å²) >= 11 is 3.66. The fraction of sp³-hybridized carbons (Fsp3) is 0.471. The second kappa shape index (κ2) is 6.75. The molecule has 4 heteroatoms. The Morgan fingerprint density at radius 3 is 2.24 bits per heavy atom. The first kappa shape index (κ1) is 16.2. The van der Waals surface area contributed by atoms with Crippen LogP contribution in [0.1, 0.15) is 28.1 Å². The number of halogens is 1. The zero-order valence-corrected chi connectivity index (χ0v) is 15.1. The highest BCUT2D eigenvalue weighted by Gasteiger charge is 2.16. The summed E-state index contributed by atoms with van der Waals surface area (Å²) in [5.41, 5.74) is 6.35. The second-order valence-electron chi connectivity index (χ2n) is 5.86. The molecule has 1 N–H and O–H groups in total. The molecule has 0 saturated heterocycles. The summed E-state index contributed by atoms with van der Waals surface area (Å²) in [6, 6.07) is 7.18. The Kier molecular flexibility index (Phi) is 5.22. The number of nitrogens with zero attached hydrogens (tertiary/aromatic N) is 2. The highest BCUT2D eigenvalue weighted by molar-refractivity contribution is 9.10. The maximum Gasteiger partial charge on any atom is 0.0738 e. The van der Waals surface area contributed by atoms with Gasteiger partial charge in [-0.2, -0.15) is 5.10 Å². The molecule has 21 heavy (non-hydrogen) atoms. The molecule has 0 fully saturated rings. The third kappa shape index (κ3) is 3.95. The standard InChI is InChI=1S/C17H24BrN3/c1-11-6-12(2)8-14(7-11)9-15(19-4)10-16-17(18)13(3)20-21(16)5/h6-8,15,19H,9-10H2,1-5H3. The Morgan fingerprint density at radius 2 is 1.76 bits per heavy atom. The Bertz CT molecular complexity index is 611. The first-order chi connectivity index (χ1) is 9.90. The van der Waals surface area contributed by atoms with E-state index in [9.17, 15) is 0 Å². The molecule has 0 spiro atoms. The van der Waals surface area contributed by atoms with Crippen LogP contribution in [-0.4, -0.2) is 22.9 Å². The summed E-state index contributed by atoms with van der Waals surface area (Å²) in [7, 11) is 4.04. The van der Waals surface area contributed by atoms with E-state index in [0.717, 1.165) is 23.0 Å². The van der Waals surface area contributed by atoms with Crippen LogP contribution in [-0.2, 0) is 19.9 Å². The van der Waals surface area contributed by atoms with Gasteiger partial charge in [0, 0.05) is 19.5 Å². The van der Waals surface area contributed by atoms with E-state index in [2.05, 4.69) is 58.4 Å². The Labute approximate surface area is 135 Å². The van der Waals surface area contributed by atoms with Crippen molar-refractivity contribution >= 4 is 15.9 Å². The van der Waals surface area contributed by atoms with Crippen molar-refractivity contribution in [1.82, 2.24) is 15.1 Å². The van der Waals surface area contributed by atoms with Crippen LogP contribution >= 0.6 is 15.9 Å². The Hall–Kier alpha value is -1.13. The number of hydrogen-bond donors (Lipinski definition) is 1. The van der Waals surface area contributed by atoms with Crippen molar-refractivity contribution in [3.05, 3.63) is 50.8 Å².